The van der Waals surface area contributed by atoms with Crippen molar-refractivity contribution in [2.45, 2.75) is 51.5 Å². The molecule has 0 aromatic rings. The molecule has 1 heteroatoms. The zero-order valence-electron chi connectivity index (χ0n) is 8.18. The first-order valence-corrected chi connectivity index (χ1v) is 5.59. The number of hydrogen-bond acceptors (Lipinski definition) is 1. The zero-order chi connectivity index (χ0) is 8.39. The van der Waals surface area contributed by atoms with E-state index in [1.54, 1.807) is 0 Å². The van der Waals surface area contributed by atoms with Crippen LogP contribution in [0.1, 0.15) is 45.4 Å². The summed E-state index contributed by atoms with van der Waals surface area (Å²) < 4.78 is 0. The molecular weight excluding hydrogens is 146 g/mol. The Morgan fingerprint density at radius 2 is 1.83 bits per heavy atom. The molecule has 0 aliphatic heterocycles. The van der Waals surface area contributed by atoms with Crippen LogP contribution >= 0.6 is 0 Å². The first kappa shape index (κ1) is 8.55. The van der Waals surface area contributed by atoms with Crippen LogP contribution in [0.5, 0.6) is 0 Å². The maximum atomic E-state index is 3.69. The summed E-state index contributed by atoms with van der Waals surface area (Å²) in [6, 6.07) is 0.797. The van der Waals surface area contributed by atoms with E-state index in [4.69, 9.17) is 0 Å². The van der Waals surface area contributed by atoms with Gasteiger partial charge in [0.05, 0.1) is 0 Å². The maximum absolute atomic E-state index is 3.69. The highest BCUT2D eigenvalue weighted by Gasteiger charge is 2.28. The SMILES string of the molecule is CC(NCC1CCCC1)C1CC1. The molecule has 70 valence electrons. The van der Waals surface area contributed by atoms with Crippen LogP contribution < -0.4 is 5.32 Å². The fourth-order valence-electron chi connectivity index (χ4n) is 2.33. The Kier molecular flexibility index (Phi) is 2.69. The van der Waals surface area contributed by atoms with Gasteiger partial charge in [-0.3, -0.25) is 0 Å². The number of hydrogen-bond donors (Lipinski definition) is 1. The molecule has 0 saturated heterocycles. The first-order chi connectivity index (χ1) is 5.86. The van der Waals surface area contributed by atoms with Crippen molar-refractivity contribution in [3.05, 3.63) is 0 Å². The summed E-state index contributed by atoms with van der Waals surface area (Å²) in [4.78, 5) is 0. The van der Waals surface area contributed by atoms with Crippen molar-refractivity contribution in [3.63, 3.8) is 0 Å². The van der Waals surface area contributed by atoms with Gasteiger partial charge in [-0.1, -0.05) is 12.8 Å². The Balaban J connectivity index is 1.60. The third kappa shape index (κ3) is 2.22. The van der Waals surface area contributed by atoms with E-state index in [9.17, 15) is 0 Å². The molecule has 1 unspecified atom stereocenters. The highest BCUT2D eigenvalue weighted by Crippen LogP contribution is 2.32. The Bertz CT molecular complexity index is 132. The van der Waals surface area contributed by atoms with Crippen LogP contribution in [0.2, 0.25) is 0 Å². The van der Waals surface area contributed by atoms with Crippen molar-refractivity contribution in [2.75, 3.05) is 6.54 Å². The average Bonchev–Trinajstić information content (AvgIpc) is 2.80. The topological polar surface area (TPSA) is 12.0 Å². The second-order valence-corrected chi connectivity index (χ2v) is 4.68. The molecule has 0 aromatic heterocycles. The molecule has 1 atom stereocenters. The van der Waals surface area contributed by atoms with Gasteiger partial charge in [-0.25, -0.2) is 0 Å². The third-order valence-electron chi connectivity index (χ3n) is 3.53. The van der Waals surface area contributed by atoms with Crippen molar-refractivity contribution in [1.29, 1.82) is 0 Å². The van der Waals surface area contributed by atoms with Crippen LogP contribution in [-0.2, 0) is 0 Å². The predicted molar refractivity (Wildman–Crippen MR) is 52.1 cm³/mol. The largest absolute Gasteiger partial charge is 0.314 e. The minimum absolute atomic E-state index is 0.797. The molecule has 12 heavy (non-hydrogen) atoms. The lowest BCUT2D eigenvalue weighted by molar-refractivity contribution is 0.422. The lowest BCUT2D eigenvalue weighted by Gasteiger charge is -2.16. The summed E-state index contributed by atoms with van der Waals surface area (Å²) in [5.41, 5.74) is 0. The van der Waals surface area contributed by atoms with Gasteiger partial charge in [0, 0.05) is 6.04 Å². The van der Waals surface area contributed by atoms with Gasteiger partial charge in [0.15, 0.2) is 0 Å². The maximum Gasteiger partial charge on any atom is 0.00671 e. The fraction of sp³-hybridized carbons (Fsp3) is 1.00. The highest BCUT2D eigenvalue weighted by atomic mass is 14.9. The van der Waals surface area contributed by atoms with E-state index in [-0.39, 0.29) is 0 Å². The van der Waals surface area contributed by atoms with Crippen LogP contribution in [0.25, 0.3) is 0 Å². The molecule has 1 nitrogen and oxygen atoms in total. The summed E-state index contributed by atoms with van der Waals surface area (Å²) in [7, 11) is 0. The van der Waals surface area contributed by atoms with Crippen molar-refractivity contribution >= 4 is 0 Å². The minimum atomic E-state index is 0.797. The van der Waals surface area contributed by atoms with Crippen molar-refractivity contribution in [2.24, 2.45) is 11.8 Å². The Morgan fingerprint density at radius 3 is 2.42 bits per heavy atom. The standard InChI is InChI=1S/C11H21N/c1-9(11-6-7-11)12-8-10-4-2-3-5-10/h9-12H,2-8H2,1H3. The van der Waals surface area contributed by atoms with Crippen LogP contribution in [0, 0.1) is 11.8 Å². The van der Waals surface area contributed by atoms with Crippen molar-refractivity contribution in [1.82, 2.24) is 5.32 Å². The molecule has 0 radical (unpaired) electrons. The molecule has 2 rings (SSSR count). The van der Waals surface area contributed by atoms with Gasteiger partial charge < -0.3 is 5.32 Å². The molecule has 0 aromatic carbocycles. The quantitative estimate of drug-likeness (QED) is 0.678. The van der Waals surface area contributed by atoms with Gasteiger partial charge in [0.2, 0.25) is 0 Å². The van der Waals surface area contributed by atoms with Gasteiger partial charge >= 0.3 is 0 Å². The normalized spacial score (nSPS) is 27.8. The Hall–Kier alpha value is -0.0400. The average molecular weight is 167 g/mol. The first-order valence-electron chi connectivity index (χ1n) is 5.59. The van der Waals surface area contributed by atoms with Crippen molar-refractivity contribution in [3.8, 4) is 0 Å². The predicted octanol–water partition coefficient (Wildman–Crippen LogP) is 2.56. The van der Waals surface area contributed by atoms with Crippen LogP contribution in [0.15, 0.2) is 0 Å². The molecule has 0 amide bonds. The molecule has 2 fully saturated rings. The molecule has 2 aliphatic carbocycles. The summed E-state index contributed by atoms with van der Waals surface area (Å²) in [6.45, 7) is 3.64. The second kappa shape index (κ2) is 3.78. The Labute approximate surface area is 75.9 Å². The summed E-state index contributed by atoms with van der Waals surface area (Å²) in [5, 5.41) is 3.69. The van der Waals surface area contributed by atoms with E-state index >= 15 is 0 Å². The van der Waals surface area contributed by atoms with Gasteiger partial charge in [-0.05, 0) is 51.0 Å². The van der Waals surface area contributed by atoms with Crippen LogP contribution in [0.3, 0.4) is 0 Å². The van der Waals surface area contributed by atoms with E-state index < -0.39 is 0 Å². The lowest BCUT2D eigenvalue weighted by Crippen LogP contribution is -2.31. The van der Waals surface area contributed by atoms with Crippen LogP contribution in [0.4, 0.5) is 0 Å². The van der Waals surface area contributed by atoms with Gasteiger partial charge in [0.25, 0.3) is 0 Å². The van der Waals surface area contributed by atoms with Crippen LogP contribution in [-0.4, -0.2) is 12.6 Å². The summed E-state index contributed by atoms with van der Waals surface area (Å²) in [5.74, 6) is 2.03. The molecule has 1 N–H and O–H groups in total. The number of rotatable bonds is 4. The monoisotopic (exact) mass is 167 g/mol. The molecule has 0 heterocycles. The zero-order valence-corrected chi connectivity index (χ0v) is 8.18. The minimum Gasteiger partial charge on any atom is -0.314 e. The van der Waals surface area contributed by atoms with E-state index in [0.29, 0.717) is 0 Å². The van der Waals surface area contributed by atoms with Gasteiger partial charge in [-0.15, -0.1) is 0 Å². The van der Waals surface area contributed by atoms with Crippen molar-refractivity contribution < 1.29 is 0 Å². The van der Waals surface area contributed by atoms with Gasteiger partial charge in [0.1, 0.15) is 0 Å². The van der Waals surface area contributed by atoms with E-state index in [1.807, 2.05) is 0 Å². The number of nitrogens with one attached hydrogen (secondary N) is 1. The third-order valence-corrected chi connectivity index (χ3v) is 3.53. The molecular formula is C11H21N. The second-order valence-electron chi connectivity index (χ2n) is 4.68. The van der Waals surface area contributed by atoms with E-state index in [1.165, 1.54) is 45.1 Å². The highest BCUT2D eigenvalue weighted by molar-refractivity contribution is 4.84. The lowest BCUT2D eigenvalue weighted by atomic mass is 10.1. The molecule has 2 saturated carbocycles. The van der Waals surface area contributed by atoms with E-state index in [0.717, 1.165) is 17.9 Å². The van der Waals surface area contributed by atoms with E-state index in [2.05, 4.69) is 12.2 Å². The van der Waals surface area contributed by atoms with Gasteiger partial charge in [-0.2, -0.15) is 0 Å². The fourth-order valence-corrected chi connectivity index (χ4v) is 2.33. The Morgan fingerprint density at radius 1 is 1.17 bits per heavy atom. The molecule has 0 bridgehead atoms. The summed E-state index contributed by atoms with van der Waals surface area (Å²) in [6.07, 6.45) is 8.85. The molecule has 0 spiro atoms. The smallest absolute Gasteiger partial charge is 0.00671 e. The summed E-state index contributed by atoms with van der Waals surface area (Å²) >= 11 is 0. The molecule has 2 aliphatic rings.